The van der Waals surface area contributed by atoms with E-state index in [9.17, 15) is 0 Å². The zero-order chi connectivity index (χ0) is 13.0. The molecule has 0 radical (unpaired) electrons. The third-order valence-electron chi connectivity index (χ3n) is 3.48. The number of nitrogens with one attached hydrogen (secondary N) is 1. The van der Waals surface area contributed by atoms with E-state index in [1.807, 2.05) is 12.4 Å². The minimum atomic E-state index is 0.577. The maximum atomic E-state index is 4.71. The largest absolute Gasteiger partial charge is 0.352 e. The molecule has 1 aliphatic heterocycles. The molecule has 0 saturated carbocycles. The summed E-state index contributed by atoms with van der Waals surface area (Å²) in [4.78, 5) is 11.4. The second-order valence-corrected chi connectivity index (χ2v) is 5.39. The molecule has 1 N–H and O–H groups in total. The summed E-state index contributed by atoms with van der Waals surface area (Å²) in [5, 5.41) is 3.37. The lowest BCUT2D eigenvalue weighted by Gasteiger charge is -2.22. The van der Waals surface area contributed by atoms with Crippen LogP contribution in [0.2, 0.25) is 0 Å². The molecule has 1 fully saturated rings. The summed E-state index contributed by atoms with van der Waals surface area (Å²) in [6, 6.07) is 0.577. The molecule has 0 spiro atoms. The van der Waals surface area contributed by atoms with Gasteiger partial charge in [0.15, 0.2) is 0 Å². The summed E-state index contributed by atoms with van der Waals surface area (Å²) in [6.45, 7) is 9.68. The number of nitrogens with zero attached hydrogens (tertiary/aromatic N) is 3. The van der Waals surface area contributed by atoms with Crippen molar-refractivity contribution in [1.29, 1.82) is 0 Å². The number of hydrogen-bond donors (Lipinski definition) is 1. The Labute approximate surface area is 110 Å². The second kappa shape index (κ2) is 6.14. The van der Waals surface area contributed by atoms with E-state index in [1.54, 1.807) is 0 Å². The van der Waals surface area contributed by atoms with Crippen LogP contribution < -0.4 is 10.2 Å². The summed E-state index contributed by atoms with van der Waals surface area (Å²) in [7, 11) is 0. The number of aromatic nitrogens is 2. The van der Waals surface area contributed by atoms with Gasteiger partial charge in [0.05, 0.1) is 11.9 Å². The Morgan fingerprint density at radius 1 is 1.39 bits per heavy atom. The average molecular weight is 248 g/mol. The summed E-state index contributed by atoms with van der Waals surface area (Å²) < 4.78 is 0. The highest BCUT2D eigenvalue weighted by molar-refractivity contribution is 5.39. The van der Waals surface area contributed by atoms with Crippen molar-refractivity contribution < 1.29 is 0 Å². The van der Waals surface area contributed by atoms with Gasteiger partial charge in [0, 0.05) is 25.3 Å². The molecular formula is C14H24N4. The highest BCUT2D eigenvalue weighted by atomic mass is 15.2. The van der Waals surface area contributed by atoms with Crippen molar-refractivity contribution in [3.8, 4) is 0 Å². The van der Waals surface area contributed by atoms with E-state index in [-0.39, 0.29) is 0 Å². The fourth-order valence-electron chi connectivity index (χ4n) is 2.63. The lowest BCUT2D eigenvalue weighted by molar-refractivity contribution is 0.624. The molecule has 0 aliphatic carbocycles. The summed E-state index contributed by atoms with van der Waals surface area (Å²) >= 11 is 0. The lowest BCUT2D eigenvalue weighted by atomic mass is 10.1. The van der Waals surface area contributed by atoms with Crippen molar-refractivity contribution in [2.24, 2.45) is 5.92 Å². The quantitative estimate of drug-likeness (QED) is 0.811. The highest BCUT2D eigenvalue weighted by Crippen LogP contribution is 2.26. The molecule has 2 rings (SSSR count). The van der Waals surface area contributed by atoms with Crippen molar-refractivity contribution in [3.05, 3.63) is 18.1 Å². The zero-order valence-electron chi connectivity index (χ0n) is 11.7. The summed E-state index contributed by atoms with van der Waals surface area (Å²) in [5.74, 6) is 1.78. The number of hydrogen-bond acceptors (Lipinski definition) is 4. The standard InChI is InChI=1S/C14H24N4/c1-4-5-15-7-13-8-16-9-14(17-13)18-10-11(2)6-12(18)3/h8-9,11-12,15H,4-7,10H2,1-3H3. The van der Waals surface area contributed by atoms with E-state index in [0.29, 0.717) is 6.04 Å². The Hall–Kier alpha value is -1.16. The normalized spacial score (nSPS) is 23.6. The van der Waals surface area contributed by atoms with Crippen LogP contribution in [0.25, 0.3) is 0 Å². The van der Waals surface area contributed by atoms with E-state index < -0.39 is 0 Å². The Balaban J connectivity index is 2.02. The molecule has 0 amide bonds. The first kappa shape index (κ1) is 13.3. The molecule has 1 saturated heterocycles. The van der Waals surface area contributed by atoms with Gasteiger partial charge in [-0.05, 0) is 32.2 Å². The third-order valence-corrected chi connectivity index (χ3v) is 3.48. The van der Waals surface area contributed by atoms with E-state index >= 15 is 0 Å². The van der Waals surface area contributed by atoms with Crippen LogP contribution in [0.3, 0.4) is 0 Å². The Bertz CT molecular complexity index is 380. The molecule has 0 bridgehead atoms. The van der Waals surface area contributed by atoms with Gasteiger partial charge in [0.1, 0.15) is 5.82 Å². The molecule has 1 aromatic rings. The maximum absolute atomic E-state index is 4.71. The molecule has 4 nitrogen and oxygen atoms in total. The predicted molar refractivity (Wildman–Crippen MR) is 74.6 cm³/mol. The van der Waals surface area contributed by atoms with Crippen LogP contribution in [0.1, 0.15) is 39.3 Å². The first-order valence-corrected chi connectivity index (χ1v) is 6.99. The summed E-state index contributed by atoms with van der Waals surface area (Å²) in [5.41, 5.74) is 1.03. The van der Waals surface area contributed by atoms with Crippen LogP contribution in [0, 0.1) is 5.92 Å². The molecule has 18 heavy (non-hydrogen) atoms. The van der Waals surface area contributed by atoms with E-state index in [1.165, 1.54) is 6.42 Å². The number of anilines is 1. The first-order chi connectivity index (χ1) is 8.70. The zero-order valence-corrected chi connectivity index (χ0v) is 11.7. The van der Waals surface area contributed by atoms with Gasteiger partial charge >= 0.3 is 0 Å². The van der Waals surface area contributed by atoms with Crippen molar-refractivity contribution in [3.63, 3.8) is 0 Å². The molecule has 1 aliphatic rings. The van der Waals surface area contributed by atoms with E-state index in [0.717, 1.165) is 43.5 Å². The van der Waals surface area contributed by atoms with Gasteiger partial charge in [0.2, 0.25) is 0 Å². The Kier molecular flexibility index (Phi) is 4.53. The van der Waals surface area contributed by atoms with E-state index in [4.69, 9.17) is 4.98 Å². The maximum Gasteiger partial charge on any atom is 0.147 e. The monoisotopic (exact) mass is 248 g/mol. The van der Waals surface area contributed by atoms with Crippen LogP contribution in [-0.4, -0.2) is 29.1 Å². The molecule has 0 aromatic carbocycles. The van der Waals surface area contributed by atoms with Crippen molar-refractivity contribution in [2.45, 2.75) is 46.2 Å². The van der Waals surface area contributed by atoms with Crippen LogP contribution in [0.5, 0.6) is 0 Å². The van der Waals surface area contributed by atoms with Crippen molar-refractivity contribution in [2.75, 3.05) is 18.0 Å². The molecule has 2 atom stereocenters. The molecule has 2 heterocycles. The number of rotatable bonds is 5. The topological polar surface area (TPSA) is 41.1 Å². The SMILES string of the molecule is CCCNCc1cncc(N2CC(C)CC2C)n1. The Morgan fingerprint density at radius 2 is 2.22 bits per heavy atom. The Morgan fingerprint density at radius 3 is 2.89 bits per heavy atom. The molecule has 1 aromatic heterocycles. The van der Waals surface area contributed by atoms with Crippen molar-refractivity contribution in [1.82, 2.24) is 15.3 Å². The smallest absolute Gasteiger partial charge is 0.147 e. The highest BCUT2D eigenvalue weighted by Gasteiger charge is 2.27. The second-order valence-electron chi connectivity index (χ2n) is 5.39. The summed E-state index contributed by atoms with van der Waals surface area (Å²) in [6.07, 6.45) is 6.14. The molecule has 2 unspecified atom stereocenters. The van der Waals surface area contributed by atoms with Gasteiger partial charge in [-0.1, -0.05) is 13.8 Å². The third kappa shape index (κ3) is 3.19. The van der Waals surface area contributed by atoms with Gasteiger partial charge < -0.3 is 10.2 Å². The fourth-order valence-corrected chi connectivity index (χ4v) is 2.63. The lowest BCUT2D eigenvalue weighted by Crippen LogP contribution is -2.28. The van der Waals surface area contributed by atoms with Gasteiger partial charge in [0.25, 0.3) is 0 Å². The van der Waals surface area contributed by atoms with Gasteiger partial charge in [-0.2, -0.15) is 0 Å². The van der Waals surface area contributed by atoms with Crippen LogP contribution in [0.15, 0.2) is 12.4 Å². The minimum Gasteiger partial charge on any atom is -0.352 e. The van der Waals surface area contributed by atoms with E-state index in [2.05, 4.69) is 36.0 Å². The predicted octanol–water partition coefficient (Wildman–Crippen LogP) is 2.21. The fraction of sp³-hybridized carbons (Fsp3) is 0.714. The molecular weight excluding hydrogens is 224 g/mol. The van der Waals surface area contributed by atoms with Crippen LogP contribution in [0.4, 0.5) is 5.82 Å². The average Bonchev–Trinajstić information content (AvgIpc) is 2.69. The van der Waals surface area contributed by atoms with Gasteiger partial charge in [-0.25, -0.2) is 4.98 Å². The van der Waals surface area contributed by atoms with Crippen LogP contribution in [-0.2, 0) is 6.54 Å². The first-order valence-electron chi connectivity index (χ1n) is 6.99. The van der Waals surface area contributed by atoms with Gasteiger partial charge in [-0.15, -0.1) is 0 Å². The minimum absolute atomic E-state index is 0.577. The van der Waals surface area contributed by atoms with Crippen LogP contribution >= 0.6 is 0 Å². The van der Waals surface area contributed by atoms with Gasteiger partial charge in [-0.3, -0.25) is 4.98 Å². The molecule has 4 heteroatoms. The van der Waals surface area contributed by atoms with Crippen molar-refractivity contribution >= 4 is 5.82 Å². The molecule has 100 valence electrons.